The first-order chi connectivity index (χ1) is 13.4. The fourth-order valence-electron chi connectivity index (χ4n) is 6.62. The number of aromatic nitrogens is 2. The Morgan fingerprint density at radius 1 is 1.21 bits per heavy atom. The van der Waals surface area contributed by atoms with Crippen molar-refractivity contribution in [3.05, 3.63) is 35.8 Å². The third-order valence-electron chi connectivity index (χ3n) is 7.46. The molecule has 0 saturated heterocycles. The van der Waals surface area contributed by atoms with E-state index in [2.05, 4.69) is 17.2 Å². The summed E-state index contributed by atoms with van der Waals surface area (Å²) in [6.07, 6.45) is 9.43. The Kier molecular flexibility index (Phi) is 4.00. The van der Waals surface area contributed by atoms with Crippen LogP contribution in [0.25, 0.3) is 5.65 Å². The van der Waals surface area contributed by atoms with Gasteiger partial charge < -0.3 is 10.4 Å². The van der Waals surface area contributed by atoms with Crippen LogP contribution in [0.3, 0.4) is 0 Å². The number of hydrogen-bond acceptors (Lipinski definition) is 3. The number of carboxylic acids is 1. The van der Waals surface area contributed by atoms with Crippen molar-refractivity contribution < 1.29 is 14.7 Å². The summed E-state index contributed by atoms with van der Waals surface area (Å²) in [5.41, 5.74) is 1.83. The lowest BCUT2D eigenvalue weighted by molar-refractivity contribution is -0.136. The molecule has 1 unspecified atom stereocenters. The number of nitrogens with zero attached hydrogens (tertiary/aromatic N) is 2. The van der Waals surface area contributed by atoms with Crippen LogP contribution >= 0.6 is 0 Å². The van der Waals surface area contributed by atoms with Gasteiger partial charge in [0.1, 0.15) is 11.3 Å². The Labute approximate surface area is 164 Å². The van der Waals surface area contributed by atoms with E-state index in [1.807, 2.05) is 0 Å². The zero-order chi connectivity index (χ0) is 19.5. The van der Waals surface area contributed by atoms with Crippen LogP contribution in [0.2, 0.25) is 0 Å². The van der Waals surface area contributed by atoms with Crippen LogP contribution in [0.15, 0.2) is 24.4 Å². The van der Waals surface area contributed by atoms with E-state index in [4.69, 9.17) is 5.11 Å². The minimum atomic E-state index is -0.926. The summed E-state index contributed by atoms with van der Waals surface area (Å²) >= 11 is 0. The summed E-state index contributed by atoms with van der Waals surface area (Å²) in [6, 6.07) is 5.52. The lowest BCUT2D eigenvalue weighted by atomic mass is 9.48. The number of nitrogens with one attached hydrogen (secondary N) is 1. The molecule has 0 aromatic carbocycles. The smallest absolute Gasteiger partial charge is 0.309 e. The number of aliphatic carboxylic acids is 1. The number of carbonyl (C=O) groups is 2. The molecule has 4 fully saturated rings. The van der Waals surface area contributed by atoms with Gasteiger partial charge in [0, 0.05) is 12.2 Å². The zero-order valence-corrected chi connectivity index (χ0v) is 16.2. The van der Waals surface area contributed by atoms with E-state index < -0.39 is 5.97 Å². The molecule has 4 saturated carbocycles. The number of pyridine rings is 1. The number of rotatable bonds is 5. The first-order valence-corrected chi connectivity index (χ1v) is 10.4. The van der Waals surface area contributed by atoms with Crippen LogP contribution < -0.4 is 5.32 Å². The third kappa shape index (κ3) is 2.90. The molecule has 0 radical (unpaired) electrons. The second-order valence-corrected chi connectivity index (χ2v) is 9.42. The Balaban J connectivity index is 1.38. The summed E-state index contributed by atoms with van der Waals surface area (Å²) in [7, 11) is 0. The molecule has 2 heterocycles. The largest absolute Gasteiger partial charge is 0.481 e. The van der Waals surface area contributed by atoms with Gasteiger partial charge in [-0.15, -0.1) is 0 Å². The third-order valence-corrected chi connectivity index (χ3v) is 7.46. The molecular weight excluding hydrogens is 354 g/mol. The summed E-state index contributed by atoms with van der Waals surface area (Å²) in [4.78, 5) is 28.4. The highest BCUT2D eigenvalue weighted by molar-refractivity contribution is 5.93. The molecule has 6 rings (SSSR count). The van der Waals surface area contributed by atoms with Crippen molar-refractivity contribution in [2.75, 3.05) is 0 Å². The van der Waals surface area contributed by atoms with Crippen molar-refractivity contribution in [3.63, 3.8) is 0 Å². The normalized spacial score (nSPS) is 31.8. The van der Waals surface area contributed by atoms with Crippen LogP contribution in [-0.4, -0.2) is 32.4 Å². The van der Waals surface area contributed by atoms with Crippen LogP contribution in [0.4, 0.5) is 0 Å². The van der Waals surface area contributed by atoms with Crippen LogP contribution in [-0.2, 0) is 11.2 Å². The monoisotopic (exact) mass is 381 g/mol. The van der Waals surface area contributed by atoms with Gasteiger partial charge in [-0.05, 0) is 80.8 Å². The van der Waals surface area contributed by atoms with Crippen molar-refractivity contribution in [1.82, 2.24) is 14.7 Å². The van der Waals surface area contributed by atoms with Gasteiger partial charge in [-0.3, -0.25) is 14.0 Å². The molecule has 28 heavy (non-hydrogen) atoms. The highest BCUT2D eigenvalue weighted by Crippen LogP contribution is 2.61. The summed E-state index contributed by atoms with van der Waals surface area (Å²) in [5, 5.41) is 12.3. The van der Waals surface area contributed by atoms with Crippen LogP contribution in [0.5, 0.6) is 0 Å². The minimum absolute atomic E-state index is 0.104. The highest BCUT2D eigenvalue weighted by Gasteiger charge is 2.53. The van der Waals surface area contributed by atoms with E-state index in [9.17, 15) is 9.59 Å². The number of hydrogen-bond donors (Lipinski definition) is 2. The molecule has 4 aliphatic rings. The van der Waals surface area contributed by atoms with Gasteiger partial charge in [-0.25, -0.2) is 4.98 Å². The molecule has 2 N–H and O–H groups in total. The SMILES string of the molecule is CC(NC(=O)c1cccc2nc(CC(=O)O)cn12)C12CC3CC(CC(C3)C1)C2. The van der Waals surface area contributed by atoms with E-state index in [1.165, 1.54) is 38.5 Å². The molecule has 148 valence electrons. The van der Waals surface area contributed by atoms with Gasteiger partial charge >= 0.3 is 5.97 Å². The minimum Gasteiger partial charge on any atom is -0.481 e. The Morgan fingerprint density at radius 2 is 1.86 bits per heavy atom. The Hall–Kier alpha value is -2.37. The van der Waals surface area contributed by atoms with Crippen molar-refractivity contribution >= 4 is 17.5 Å². The maximum absolute atomic E-state index is 13.1. The van der Waals surface area contributed by atoms with E-state index in [0.29, 0.717) is 17.0 Å². The number of imidazole rings is 1. The van der Waals surface area contributed by atoms with Gasteiger partial charge in [0.25, 0.3) is 5.91 Å². The Morgan fingerprint density at radius 3 is 2.46 bits per heavy atom. The van der Waals surface area contributed by atoms with Gasteiger partial charge in [0.05, 0.1) is 12.1 Å². The average molecular weight is 381 g/mol. The lowest BCUT2D eigenvalue weighted by Gasteiger charge is -2.59. The number of fused-ring (bicyclic) bond motifs is 1. The molecule has 6 nitrogen and oxygen atoms in total. The van der Waals surface area contributed by atoms with Crippen molar-refractivity contribution in [3.8, 4) is 0 Å². The maximum Gasteiger partial charge on any atom is 0.309 e. The van der Waals surface area contributed by atoms with Gasteiger partial charge in [0.15, 0.2) is 0 Å². The predicted octanol–water partition coefficient (Wildman–Crippen LogP) is 3.30. The Bertz CT molecular complexity index is 912. The molecule has 4 aliphatic carbocycles. The predicted molar refractivity (Wildman–Crippen MR) is 104 cm³/mol. The van der Waals surface area contributed by atoms with E-state index in [-0.39, 0.29) is 23.8 Å². The topological polar surface area (TPSA) is 83.7 Å². The molecule has 0 aliphatic heterocycles. The summed E-state index contributed by atoms with van der Waals surface area (Å²) in [5.74, 6) is 1.52. The standard InChI is InChI=1S/C22H27N3O3/c1-13(22-9-14-5-15(10-22)7-16(6-14)11-22)23-21(28)18-3-2-4-19-24-17(8-20(26)27)12-25(18)19/h2-4,12-16H,5-11H2,1H3,(H,23,28)(H,26,27). The molecule has 2 aromatic rings. The molecule has 2 aromatic heterocycles. The van der Waals surface area contributed by atoms with Crippen molar-refractivity contribution in [2.45, 2.75) is 57.9 Å². The fraction of sp³-hybridized carbons (Fsp3) is 0.591. The van der Waals surface area contributed by atoms with Gasteiger partial charge in [-0.1, -0.05) is 6.07 Å². The van der Waals surface area contributed by atoms with Crippen molar-refractivity contribution in [2.24, 2.45) is 23.2 Å². The molecule has 1 amide bonds. The maximum atomic E-state index is 13.1. The second-order valence-electron chi connectivity index (χ2n) is 9.42. The lowest BCUT2D eigenvalue weighted by Crippen LogP contribution is -2.55. The average Bonchev–Trinajstić information content (AvgIpc) is 3.01. The van der Waals surface area contributed by atoms with E-state index in [0.717, 1.165) is 17.8 Å². The summed E-state index contributed by atoms with van der Waals surface area (Å²) in [6.45, 7) is 2.18. The quantitative estimate of drug-likeness (QED) is 0.832. The first kappa shape index (κ1) is 17.7. The molecule has 1 atom stereocenters. The number of amides is 1. The van der Waals surface area contributed by atoms with Crippen LogP contribution in [0.1, 0.15) is 61.6 Å². The number of carboxylic acid groups (broad SMARTS) is 1. The molecule has 6 heteroatoms. The zero-order valence-electron chi connectivity index (χ0n) is 16.2. The van der Waals surface area contributed by atoms with Gasteiger partial charge in [-0.2, -0.15) is 0 Å². The van der Waals surface area contributed by atoms with Gasteiger partial charge in [0.2, 0.25) is 0 Å². The second kappa shape index (κ2) is 6.33. The highest BCUT2D eigenvalue weighted by atomic mass is 16.4. The van der Waals surface area contributed by atoms with Crippen molar-refractivity contribution in [1.29, 1.82) is 0 Å². The molecular formula is C22H27N3O3. The summed E-state index contributed by atoms with van der Waals surface area (Å²) < 4.78 is 1.71. The fourth-order valence-corrected chi connectivity index (χ4v) is 6.62. The van der Waals surface area contributed by atoms with E-state index in [1.54, 1.807) is 28.8 Å². The number of carbonyl (C=O) groups excluding carboxylic acids is 1. The molecule has 0 spiro atoms. The van der Waals surface area contributed by atoms with E-state index >= 15 is 0 Å². The first-order valence-electron chi connectivity index (χ1n) is 10.4. The molecule has 4 bridgehead atoms. The van der Waals surface area contributed by atoms with Crippen LogP contribution in [0, 0.1) is 23.2 Å².